The summed E-state index contributed by atoms with van der Waals surface area (Å²) < 4.78 is 0. The van der Waals surface area contributed by atoms with Gasteiger partial charge in [0.1, 0.15) is 0 Å². The SMILES string of the molecule is CCNC(CSCC(C)C)c1cccc2cnccc12. The van der Waals surface area contributed by atoms with Crippen LogP contribution in [0.5, 0.6) is 0 Å². The minimum atomic E-state index is 0.412. The van der Waals surface area contributed by atoms with E-state index in [1.807, 2.05) is 24.2 Å². The zero-order valence-corrected chi connectivity index (χ0v) is 13.4. The van der Waals surface area contributed by atoms with Gasteiger partial charge in [-0.2, -0.15) is 11.8 Å². The second-order valence-electron chi connectivity index (χ2n) is 5.49. The van der Waals surface area contributed by atoms with E-state index >= 15 is 0 Å². The van der Waals surface area contributed by atoms with Crippen LogP contribution in [0.1, 0.15) is 32.4 Å². The summed E-state index contributed by atoms with van der Waals surface area (Å²) in [6.07, 6.45) is 3.83. The quantitative estimate of drug-likeness (QED) is 0.823. The Bertz CT molecular complexity index is 534. The van der Waals surface area contributed by atoms with Gasteiger partial charge < -0.3 is 5.32 Å². The molecule has 0 bridgehead atoms. The molecule has 2 aromatic rings. The van der Waals surface area contributed by atoms with E-state index in [0.717, 1.165) is 18.2 Å². The molecule has 0 saturated heterocycles. The molecule has 1 atom stereocenters. The second-order valence-corrected chi connectivity index (χ2v) is 6.56. The summed E-state index contributed by atoms with van der Waals surface area (Å²) in [6, 6.07) is 9.05. The van der Waals surface area contributed by atoms with E-state index in [9.17, 15) is 0 Å². The first kappa shape index (κ1) is 15.3. The van der Waals surface area contributed by atoms with Gasteiger partial charge in [-0.05, 0) is 35.2 Å². The molecule has 3 heteroatoms. The van der Waals surface area contributed by atoms with Crippen molar-refractivity contribution >= 4 is 22.5 Å². The maximum absolute atomic E-state index is 4.22. The highest BCUT2D eigenvalue weighted by atomic mass is 32.2. The third kappa shape index (κ3) is 3.97. The van der Waals surface area contributed by atoms with Crippen molar-refractivity contribution in [3.8, 4) is 0 Å². The average molecular weight is 288 g/mol. The zero-order valence-electron chi connectivity index (χ0n) is 12.6. The van der Waals surface area contributed by atoms with Crippen LogP contribution in [0.25, 0.3) is 10.8 Å². The number of pyridine rings is 1. The molecular weight excluding hydrogens is 264 g/mol. The number of aromatic nitrogens is 1. The van der Waals surface area contributed by atoms with Gasteiger partial charge in [-0.1, -0.05) is 39.0 Å². The Labute approximate surface area is 126 Å². The fourth-order valence-corrected chi connectivity index (χ4v) is 3.52. The Balaban J connectivity index is 2.22. The molecule has 2 nitrogen and oxygen atoms in total. The van der Waals surface area contributed by atoms with Crippen LogP contribution in [-0.4, -0.2) is 23.0 Å². The van der Waals surface area contributed by atoms with Gasteiger partial charge in [0.15, 0.2) is 0 Å². The molecule has 2 rings (SSSR count). The molecule has 108 valence electrons. The minimum absolute atomic E-state index is 0.412. The number of fused-ring (bicyclic) bond motifs is 1. The average Bonchev–Trinajstić information content (AvgIpc) is 2.45. The molecule has 1 unspecified atom stereocenters. The first-order valence-corrected chi connectivity index (χ1v) is 8.51. The fraction of sp³-hybridized carbons (Fsp3) is 0.471. The number of hydrogen-bond donors (Lipinski definition) is 1. The van der Waals surface area contributed by atoms with Crippen molar-refractivity contribution in [3.05, 3.63) is 42.2 Å². The van der Waals surface area contributed by atoms with Crippen LogP contribution < -0.4 is 5.32 Å². The van der Waals surface area contributed by atoms with E-state index < -0.39 is 0 Å². The van der Waals surface area contributed by atoms with Gasteiger partial charge in [0, 0.05) is 29.6 Å². The molecule has 1 heterocycles. The van der Waals surface area contributed by atoms with Crippen LogP contribution in [0.2, 0.25) is 0 Å². The van der Waals surface area contributed by atoms with Gasteiger partial charge in [-0.3, -0.25) is 4.98 Å². The predicted molar refractivity (Wildman–Crippen MR) is 90.3 cm³/mol. The Morgan fingerprint density at radius 3 is 2.80 bits per heavy atom. The summed E-state index contributed by atoms with van der Waals surface area (Å²) >= 11 is 2.03. The lowest BCUT2D eigenvalue weighted by Crippen LogP contribution is -2.23. The monoisotopic (exact) mass is 288 g/mol. The predicted octanol–water partition coefficient (Wildman–Crippen LogP) is 4.27. The minimum Gasteiger partial charge on any atom is -0.309 e. The molecule has 0 aliphatic rings. The molecule has 0 saturated carbocycles. The van der Waals surface area contributed by atoms with Gasteiger partial charge in [0.25, 0.3) is 0 Å². The first-order chi connectivity index (χ1) is 9.72. The molecule has 0 aliphatic carbocycles. The van der Waals surface area contributed by atoms with Crippen LogP contribution >= 0.6 is 11.8 Å². The summed E-state index contributed by atoms with van der Waals surface area (Å²) in [5.74, 6) is 3.08. The lowest BCUT2D eigenvalue weighted by Gasteiger charge is -2.20. The van der Waals surface area contributed by atoms with Gasteiger partial charge >= 0.3 is 0 Å². The van der Waals surface area contributed by atoms with E-state index in [0.29, 0.717) is 6.04 Å². The Hall–Kier alpha value is -1.06. The van der Waals surface area contributed by atoms with E-state index in [1.54, 1.807) is 0 Å². The lowest BCUT2D eigenvalue weighted by atomic mass is 10.0. The Morgan fingerprint density at radius 2 is 2.05 bits per heavy atom. The molecule has 0 amide bonds. The topological polar surface area (TPSA) is 24.9 Å². The summed E-state index contributed by atoms with van der Waals surface area (Å²) in [4.78, 5) is 4.22. The van der Waals surface area contributed by atoms with Gasteiger partial charge in [0.2, 0.25) is 0 Å². The normalized spacial score (nSPS) is 13.0. The third-order valence-corrected chi connectivity index (χ3v) is 4.75. The molecule has 1 aromatic carbocycles. The molecule has 20 heavy (non-hydrogen) atoms. The number of benzene rings is 1. The molecule has 0 radical (unpaired) electrons. The van der Waals surface area contributed by atoms with E-state index in [2.05, 4.69) is 55.3 Å². The van der Waals surface area contributed by atoms with Crippen molar-refractivity contribution in [2.24, 2.45) is 5.92 Å². The molecule has 0 fully saturated rings. The highest BCUT2D eigenvalue weighted by Gasteiger charge is 2.13. The first-order valence-electron chi connectivity index (χ1n) is 7.36. The number of thioether (sulfide) groups is 1. The molecular formula is C17H24N2S. The fourth-order valence-electron chi connectivity index (χ4n) is 2.38. The van der Waals surface area contributed by atoms with Gasteiger partial charge in [-0.25, -0.2) is 0 Å². The van der Waals surface area contributed by atoms with E-state index in [-0.39, 0.29) is 0 Å². The standard InChI is InChI=1S/C17H24N2S/c1-4-19-17(12-20-11-13(2)3)16-7-5-6-14-10-18-9-8-15(14)16/h5-10,13,17,19H,4,11-12H2,1-3H3. The van der Waals surface area contributed by atoms with Crippen LogP contribution in [0, 0.1) is 5.92 Å². The summed E-state index contributed by atoms with van der Waals surface area (Å²) in [6.45, 7) is 7.72. The third-order valence-electron chi connectivity index (χ3n) is 3.28. The molecule has 0 aliphatic heterocycles. The van der Waals surface area contributed by atoms with E-state index in [1.165, 1.54) is 22.1 Å². The summed E-state index contributed by atoms with van der Waals surface area (Å²) in [5.41, 5.74) is 1.39. The highest BCUT2D eigenvalue weighted by Crippen LogP contribution is 2.26. The molecule has 1 aromatic heterocycles. The van der Waals surface area contributed by atoms with Crippen molar-refractivity contribution in [1.82, 2.24) is 10.3 Å². The molecule has 0 spiro atoms. The van der Waals surface area contributed by atoms with Crippen LogP contribution in [0.3, 0.4) is 0 Å². The molecule has 1 N–H and O–H groups in total. The highest BCUT2D eigenvalue weighted by molar-refractivity contribution is 7.99. The summed E-state index contributed by atoms with van der Waals surface area (Å²) in [5, 5.41) is 6.17. The van der Waals surface area contributed by atoms with Crippen LogP contribution in [0.15, 0.2) is 36.7 Å². The van der Waals surface area contributed by atoms with Gasteiger partial charge in [-0.15, -0.1) is 0 Å². The number of rotatable bonds is 7. The number of hydrogen-bond acceptors (Lipinski definition) is 3. The maximum atomic E-state index is 4.22. The number of nitrogens with one attached hydrogen (secondary N) is 1. The zero-order chi connectivity index (χ0) is 14.4. The van der Waals surface area contributed by atoms with Crippen LogP contribution in [-0.2, 0) is 0 Å². The van der Waals surface area contributed by atoms with Crippen molar-refractivity contribution < 1.29 is 0 Å². The smallest absolute Gasteiger partial charge is 0.0417 e. The summed E-state index contributed by atoms with van der Waals surface area (Å²) in [7, 11) is 0. The largest absolute Gasteiger partial charge is 0.309 e. The van der Waals surface area contributed by atoms with Crippen LogP contribution in [0.4, 0.5) is 0 Å². The van der Waals surface area contributed by atoms with Gasteiger partial charge in [0.05, 0.1) is 0 Å². The lowest BCUT2D eigenvalue weighted by molar-refractivity contribution is 0.608. The van der Waals surface area contributed by atoms with Crippen molar-refractivity contribution in [1.29, 1.82) is 0 Å². The number of nitrogens with zero attached hydrogens (tertiary/aromatic N) is 1. The Kier molecular flexibility index (Phi) is 5.86. The second kappa shape index (κ2) is 7.65. The van der Waals surface area contributed by atoms with Crippen molar-refractivity contribution in [2.75, 3.05) is 18.1 Å². The Morgan fingerprint density at radius 1 is 1.20 bits per heavy atom. The van der Waals surface area contributed by atoms with Crippen molar-refractivity contribution in [3.63, 3.8) is 0 Å². The van der Waals surface area contributed by atoms with Crippen molar-refractivity contribution in [2.45, 2.75) is 26.8 Å². The van der Waals surface area contributed by atoms with E-state index in [4.69, 9.17) is 0 Å². The maximum Gasteiger partial charge on any atom is 0.0417 e.